The van der Waals surface area contributed by atoms with Gasteiger partial charge in [-0.05, 0) is 12.3 Å². The van der Waals surface area contributed by atoms with E-state index < -0.39 is 0 Å². The maximum atomic E-state index is 4.73. The third kappa shape index (κ3) is 4.54. The summed E-state index contributed by atoms with van der Waals surface area (Å²) in [5, 5.41) is 3.49. The molecular formula is C13H22BrNS. The number of halogens is 1. The summed E-state index contributed by atoms with van der Waals surface area (Å²) < 4.78 is 0. The van der Waals surface area contributed by atoms with Crippen LogP contribution < -0.4 is 0 Å². The van der Waals surface area contributed by atoms with Gasteiger partial charge in [-0.2, -0.15) is 0 Å². The van der Waals surface area contributed by atoms with Gasteiger partial charge in [0.1, 0.15) is 0 Å². The zero-order valence-corrected chi connectivity index (χ0v) is 13.3. The molecule has 1 rings (SSSR count). The van der Waals surface area contributed by atoms with Crippen molar-refractivity contribution < 1.29 is 0 Å². The lowest BCUT2D eigenvalue weighted by Crippen LogP contribution is -2.12. The van der Waals surface area contributed by atoms with E-state index in [-0.39, 0.29) is 5.41 Å². The highest BCUT2D eigenvalue weighted by Gasteiger charge is 2.18. The number of hydrogen-bond donors (Lipinski definition) is 0. The van der Waals surface area contributed by atoms with Crippen LogP contribution in [0.5, 0.6) is 0 Å². The number of rotatable bonds is 4. The summed E-state index contributed by atoms with van der Waals surface area (Å²) in [6.45, 7) is 11.2. The molecule has 92 valence electrons. The Labute approximate surface area is 112 Å². The number of aromatic nitrogens is 1. The second-order valence-corrected chi connectivity index (χ2v) is 8.21. The molecule has 3 heteroatoms. The first-order chi connectivity index (χ1) is 7.29. The van der Waals surface area contributed by atoms with E-state index in [1.54, 1.807) is 11.3 Å². The van der Waals surface area contributed by atoms with Gasteiger partial charge >= 0.3 is 0 Å². The van der Waals surface area contributed by atoms with Gasteiger partial charge in [-0.1, -0.05) is 50.5 Å². The SMILES string of the molecule is CC(Br)CC(C)Cc1nc(C(C)(C)C)cs1. The van der Waals surface area contributed by atoms with Crippen molar-refractivity contribution in [1.82, 2.24) is 4.98 Å². The Bertz CT molecular complexity index is 325. The summed E-state index contributed by atoms with van der Waals surface area (Å²) in [7, 11) is 0. The topological polar surface area (TPSA) is 12.9 Å². The fourth-order valence-electron chi connectivity index (χ4n) is 1.69. The predicted octanol–water partition coefficient (Wildman–Crippen LogP) is 4.79. The van der Waals surface area contributed by atoms with Gasteiger partial charge in [-0.15, -0.1) is 11.3 Å². The summed E-state index contributed by atoms with van der Waals surface area (Å²) in [6.07, 6.45) is 2.32. The molecule has 1 aromatic rings. The molecule has 0 saturated heterocycles. The average molecular weight is 304 g/mol. The lowest BCUT2D eigenvalue weighted by Gasteiger charge is -2.14. The van der Waals surface area contributed by atoms with Gasteiger partial charge in [0, 0.05) is 22.0 Å². The summed E-state index contributed by atoms with van der Waals surface area (Å²) in [5.74, 6) is 0.702. The van der Waals surface area contributed by atoms with Crippen LogP contribution in [0.2, 0.25) is 0 Å². The molecule has 0 aliphatic heterocycles. The van der Waals surface area contributed by atoms with Gasteiger partial charge in [0.05, 0.1) is 10.7 Å². The summed E-state index contributed by atoms with van der Waals surface area (Å²) in [5.41, 5.74) is 1.41. The first-order valence-electron chi connectivity index (χ1n) is 5.88. The molecule has 2 unspecified atom stereocenters. The molecular weight excluding hydrogens is 282 g/mol. The first kappa shape index (κ1) is 14.2. The molecule has 0 aliphatic carbocycles. The fraction of sp³-hybridized carbons (Fsp3) is 0.769. The smallest absolute Gasteiger partial charge is 0.0931 e. The minimum absolute atomic E-state index is 0.181. The monoisotopic (exact) mass is 303 g/mol. The van der Waals surface area contributed by atoms with Crippen molar-refractivity contribution in [1.29, 1.82) is 0 Å². The highest BCUT2D eigenvalue weighted by molar-refractivity contribution is 9.09. The Hall–Kier alpha value is 0.110. The average Bonchev–Trinajstić information content (AvgIpc) is 2.49. The van der Waals surface area contributed by atoms with Gasteiger partial charge in [0.25, 0.3) is 0 Å². The maximum absolute atomic E-state index is 4.73. The van der Waals surface area contributed by atoms with E-state index in [4.69, 9.17) is 4.98 Å². The van der Waals surface area contributed by atoms with E-state index in [1.165, 1.54) is 17.1 Å². The number of nitrogens with zero attached hydrogens (tertiary/aromatic N) is 1. The Morgan fingerprint density at radius 3 is 2.44 bits per heavy atom. The quantitative estimate of drug-likeness (QED) is 0.729. The number of alkyl halides is 1. The van der Waals surface area contributed by atoms with E-state index in [0.717, 1.165) is 6.42 Å². The molecule has 1 heterocycles. The highest BCUT2D eigenvalue weighted by atomic mass is 79.9. The standard InChI is InChI=1S/C13H22BrNS/c1-9(6-10(2)14)7-12-15-11(8-16-12)13(3,4)5/h8-10H,6-7H2,1-5H3. The van der Waals surface area contributed by atoms with Gasteiger partial charge in [0.2, 0.25) is 0 Å². The van der Waals surface area contributed by atoms with Crippen LogP contribution in [0.15, 0.2) is 5.38 Å². The molecule has 0 fully saturated rings. The van der Waals surface area contributed by atoms with Crippen molar-refractivity contribution in [2.75, 3.05) is 0 Å². The van der Waals surface area contributed by atoms with Gasteiger partial charge in [-0.3, -0.25) is 0 Å². The van der Waals surface area contributed by atoms with Crippen molar-refractivity contribution in [2.45, 2.75) is 57.7 Å². The maximum Gasteiger partial charge on any atom is 0.0931 e. The van der Waals surface area contributed by atoms with Crippen molar-refractivity contribution in [3.05, 3.63) is 16.1 Å². The molecule has 0 amide bonds. The van der Waals surface area contributed by atoms with Crippen molar-refractivity contribution in [2.24, 2.45) is 5.92 Å². The van der Waals surface area contributed by atoms with Crippen LogP contribution >= 0.6 is 27.3 Å². The molecule has 0 saturated carbocycles. The Morgan fingerprint density at radius 1 is 1.38 bits per heavy atom. The molecule has 0 bridgehead atoms. The second kappa shape index (κ2) is 5.63. The second-order valence-electron chi connectivity index (χ2n) is 5.70. The van der Waals surface area contributed by atoms with Crippen molar-refractivity contribution in [3.63, 3.8) is 0 Å². The van der Waals surface area contributed by atoms with E-state index >= 15 is 0 Å². The normalized spacial score (nSPS) is 16.1. The fourth-order valence-corrected chi connectivity index (χ4v) is 3.51. The van der Waals surface area contributed by atoms with Crippen LogP contribution in [0.25, 0.3) is 0 Å². The van der Waals surface area contributed by atoms with Crippen LogP contribution in [0.4, 0.5) is 0 Å². The predicted molar refractivity (Wildman–Crippen MR) is 76.7 cm³/mol. The Morgan fingerprint density at radius 2 is 2.00 bits per heavy atom. The molecule has 0 N–H and O–H groups in total. The third-order valence-electron chi connectivity index (χ3n) is 2.57. The first-order valence-corrected chi connectivity index (χ1v) is 7.67. The molecule has 2 atom stereocenters. The molecule has 0 spiro atoms. The van der Waals surface area contributed by atoms with E-state index in [0.29, 0.717) is 10.7 Å². The van der Waals surface area contributed by atoms with Crippen molar-refractivity contribution in [3.8, 4) is 0 Å². The highest BCUT2D eigenvalue weighted by Crippen LogP contribution is 2.26. The van der Waals surface area contributed by atoms with E-state index in [1.807, 2.05) is 0 Å². The van der Waals surface area contributed by atoms with Gasteiger partial charge < -0.3 is 0 Å². The molecule has 1 nitrogen and oxygen atoms in total. The zero-order valence-electron chi connectivity index (χ0n) is 10.9. The lowest BCUT2D eigenvalue weighted by atomic mass is 9.93. The molecule has 0 radical (unpaired) electrons. The molecule has 0 aliphatic rings. The molecule has 0 aromatic carbocycles. The van der Waals surface area contributed by atoms with Crippen LogP contribution in [-0.4, -0.2) is 9.81 Å². The summed E-state index contributed by atoms with van der Waals surface area (Å²) in [4.78, 5) is 5.33. The minimum Gasteiger partial charge on any atom is -0.246 e. The van der Waals surface area contributed by atoms with Crippen LogP contribution in [-0.2, 0) is 11.8 Å². The number of hydrogen-bond acceptors (Lipinski definition) is 2. The minimum atomic E-state index is 0.181. The van der Waals surface area contributed by atoms with Crippen molar-refractivity contribution >= 4 is 27.3 Å². The Kier molecular flexibility index (Phi) is 4.99. The van der Waals surface area contributed by atoms with E-state index in [9.17, 15) is 0 Å². The van der Waals surface area contributed by atoms with Crippen LogP contribution in [0.1, 0.15) is 51.7 Å². The summed E-state index contributed by atoms with van der Waals surface area (Å²) in [6, 6.07) is 0. The largest absolute Gasteiger partial charge is 0.246 e. The third-order valence-corrected chi connectivity index (χ3v) is 3.82. The van der Waals surface area contributed by atoms with E-state index in [2.05, 4.69) is 55.9 Å². The molecule has 16 heavy (non-hydrogen) atoms. The summed E-state index contributed by atoms with van der Waals surface area (Å²) >= 11 is 5.41. The number of thiazole rings is 1. The van der Waals surface area contributed by atoms with Crippen LogP contribution in [0.3, 0.4) is 0 Å². The van der Waals surface area contributed by atoms with Gasteiger partial charge in [-0.25, -0.2) is 4.98 Å². The van der Waals surface area contributed by atoms with Crippen LogP contribution in [0, 0.1) is 5.92 Å². The lowest BCUT2D eigenvalue weighted by molar-refractivity contribution is 0.525. The molecule has 1 aromatic heterocycles. The Balaban J connectivity index is 2.59. The van der Waals surface area contributed by atoms with Gasteiger partial charge in [0.15, 0.2) is 0 Å². The zero-order chi connectivity index (χ0) is 12.3.